The van der Waals surface area contributed by atoms with Crippen molar-refractivity contribution in [3.8, 4) is 0 Å². The Bertz CT molecular complexity index is 389. The van der Waals surface area contributed by atoms with Gasteiger partial charge in [0, 0.05) is 11.2 Å². The Morgan fingerprint density at radius 3 is 2.50 bits per heavy atom. The summed E-state index contributed by atoms with van der Waals surface area (Å²) in [4.78, 5) is 0. The quantitative estimate of drug-likeness (QED) is 0.718. The topological polar surface area (TPSA) is 35.5 Å². The molecule has 0 saturated carbocycles. The van der Waals surface area contributed by atoms with Crippen LogP contribution in [0.5, 0.6) is 0 Å². The normalized spacial score (nSPS) is 14.4. The molecule has 0 heterocycles. The maximum atomic E-state index is 11.4. The average Bonchev–Trinajstić information content (AvgIpc) is 2.27. The Morgan fingerprint density at radius 2 is 2.00 bits per heavy atom. The molecular weight excluding hydrogens is 247 g/mol. The molecule has 1 aromatic carbocycles. The van der Waals surface area contributed by atoms with E-state index in [0.717, 1.165) is 11.1 Å². The van der Waals surface area contributed by atoms with E-state index in [0.29, 0.717) is 0 Å². The van der Waals surface area contributed by atoms with E-state index in [1.807, 2.05) is 24.3 Å². The Hall–Kier alpha value is -0.600. The van der Waals surface area contributed by atoms with Gasteiger partial charge in [0.2, 0.25) is 0 Å². The molecule has 0 aromatic heterocycles. The number of hydrogen-bond acceptors (Lipinski definition) is 3. The fourth-order valence-corrected chi connectivity index (χ4v) is 2.22. The van der Waals surface area contributed by atoms with Crippen LogP contribution in [0.25, 0.3) is 6.08 Å². The van der Waals surface area contributed by atoms with Gasteiger partial charge in [-0.05, 0) is 18.1 Å². The molecule has 0 fully saturated rings. The smallest absolute Gasteiger partial charge is 0.297 e. The molecule has 0 radical (unpaired) electrons. The zero-order valence-electron chi connectivity index (χ0n) is 9.06. The Balaban J connectivity index is 2.54. The number of rotatable bonds is 6. The lowest BCUT2D eigenvalue weighted by Gasteiger charge is -2.10. The molecule has 1 unspecified atom stereocenters. The van der Waals surface area contributed by atoms with Gasteiger partial charge in [0.25, 0.3) is 0 Å². The van der Waals surface area contributed by atoms with Crippen LogP contribution in [0.15, 0.2) is 30.8 Å². The first-order chi connectivity index (χ1) is 7.57. The van der Waals surface area contributed by atoms with Crippen LogP contribution in [-0.2, 0) is 20.2 Å². The van der Waals surface area contributed by atoms with Crippen LogP contribution in [0.4, 0.5) is 0 Å². The van der Waals surface area contributed by atoms with E-state index in [1.165, 1.54) is 0 Å². The average molecular weight is 261 g/mol. The molecule has 0 N–H and O–H groups in total. The van der Waals surface area contributed by atoms with Crippen LogP contribution in [-0.4, -0.2) is 6.61 Å². The lowest BCUT2D eigenvalue weighted by atomic mass is 10.1. The lowest BCUT2D eigenvalue weighted by molar-refractivity contribution is 0.219. The third-order valence-corrected chi connectivity index (χ3v) is 3.47. The molecule has 5 heteroatoms. The molecule has 3 nitrogen and oxygen atoms in total. The molecule has 1 aromatic rings. The Morgan fingerprint density at radius 1 is 1.38 bits per heavy atom. The van der Waals surface area contributed by atoms with Crippen molar-refractivity contribution in [3.05, 3.63) is 42.0 Å². The van der Waals surface area contributed by atoms with Crippen molar-refractivity contribution in [2.24, 2.45) is 0 Å². The van der Waals surface area contributed by atoms with Crippen LogP contribution in [0.2, 0.25) is 0 Å². The molecule has 0 amide bonds. The summed E-state index contributed by atoms with van der Waals surface area (Å²) >= 11 is 5.54. The summed E-state index contributed by atoms with van der Waals surface area (Å²) in [6.07, 6.45) is 1.75. The Labute approximate surface area is 100 Å². The van der Waals surface area contributed by atoms with Crippen molar-refractivity contribution < 1.29 is 13.6 Å². The first kappa shape index (κ1) is 13.5. The van der Waals surface area contributed by atoms with Gasteiger partial charge in [0.15, 0.2) is 0 Å². The predicted octanol–water partition coefficient (Wildman–Crippen LogP) is 4.23. The predicted molar refractivity (Wildman–Crippen MR) is 66.4 cm³/mol. The zero-order valence-corrected chi connectivity index (χ0v) is 10.7. The molecule has 1 atom stereocenters. The second-order valence-corrected chi connectivity index (χ2v) is 5.69. The minimum absolute atomic E-state index is 0.165. The van der Waals surface area contributed by atoms with Gasteiger partial charge < -0.3 is 0 Å². The first-order valence-electron chi connectivity index (χ1n) is 4.87. The summed E-state index contributed by atoms with van der Waals surface area (Å²) in [5.41, 5.74) is 1.90. The van der Waals surface area contributed by atoms with Gasteiger partial charge in [0.05, 0.1) is 13.2 Å². The van der Waals surface area contributed by atoms with E-state index in [4.69, 9.17) is 20.3 Å². The highest BCUT2D eigenvalue weighted by molar-refractivity contribution is 7.81. The monoisotopic (exact) mass is 260 g/mol. The highest BCUT2D eigenvalue weighted by atomic mass is 35.7. The Kier molecular flexibility index (Phi) is 5.23. The van der Waals surface area contributed by atoms with Gasteiger partial charge in [-0.15, -0.1) is 0 Å². The molecule has 16 heavy (non-hydrogen) atoms. The summed E-state index contributed by atoms with van der Waals surface area (Å²) < 4.78 is 21.2. The van der Waals surface area contributed by atoms with Crippen molar-refractivity contribution in [3.63, 3.8) is 0 Å². The molecule has 0 bridgehead atoms. The molecular formula is C11H14ClO3P. The minimum Gasteiger partial charge on any atom is -0.297 e. The van der Waals surface area contributed by atoms with Crippen molar-refractivity contribution in [1.29, 1.82) is 0 Å². The van der Waals surface area contributed by atoms with Crippen molar-refractivity contribution >= 4 is 24.3 Å². The first-order valence-corrected chi connectivity index (χ1v) is 7.32. The van der Waals surface area contributed by atoms with Gasteiger partial charge in [-0.1, -0.05) is 36.9 Å². The van der Waals surface area contributed by atoms with Gasteiger partial charge in [-0.2, -0.15) is 0 Å². The SMILES string of the molecule is C=Cc1ccc(COP(=O)(Cl)OCC)cc1. The van der Waals surface area contributed by atoms with Crippen LogP contribution in [0, 0.1) is 0 Å². The molecule has 0 aliphatic carbocycles. The molecule has 1 rings (SSSR count). The highest BCUT2D eigenvalue weighted by Crippen LogP contribution is 2.53. The van der Waals surface area contributed by atoms with E-state index in [2.05, 4.69) is 6.58 Å². The summed E-state index contributed by atoms with van der Waals surface area (Å²) in [6, 6.07) is 7.51. The van der Waals surface area contributed by atoms with Crippen LogP contribution < -0.4 is 0 Å². The van der Waals surface area contributed by atoms with Crippen LogP contribution in [0.1, 0.15) is 18.1 Å². The molecule has 0 spiro atoms. The second-order valence-electron chi connectivity index (χ2n) is 3.07. The highest BCUT2D eigenvalue weighted by Gasteiger charge is 2.19. The lowest BCUT2D eigenvalue weighted by Crippen LogP contribution is -1.92. The van der Waals surface area contributed by atoms with E-state index >= 15 is 0 Å². The third-order valence-electron chi connectivity index (χ3n) is 1.88. The fraction of sp³-hybridized carbons (Fsp3) is 0.273. The van der Waals surface area contributed by atoms with E-state index in [-0.39, 0.29) is 13.2 Å². The number of benzene rings is 1. The van der Waals surface area contributed by atoms with Crippen molar-refractivity contribution in [2.45, 2.75) is 13.5 Å². The largest absolute Gasteiger partial charge is 0.424 e. The number of hydrogen-bond donors (Lipinski definition) is 0. The molecule has 0 saturated heterocycles. The molecule has 0 aliphatic rings. The zero-order chi connectivity index (χ0) is 12.0. The summed E-state index contributed by atoms with van der Waals surface area (Å²) in [7, 11) is 0. The third kappa shape index (κ3) is 4.50. The van der Waals surface area contributed by atoms with Crippen LogP contribution in [0.3, 0.4) is 0 Å². The minimum atomic E-state index is -3.42. The molecule has 88 valence electrons. The maximum Gasteiger partial charge on any atom is 0.424 e. The second kappa shape index (κ2) is 6.21. The maximum absolute atomic E-state index is 11.4. The van der Waals surface area contributed by atoms with E-state index in [9.17, 15) is 4.57 Å². The van der Waals surface area contributed by atoms with Crippen molar-refractivity contribution in [1.82, 2.24) is 0 Å². The van der Waals surface area contributed by atoms with Crippen molar-refractivity contribution in [2.75, 3.05) is 6.61 Å². The fourth-order valence-electron chi connectivity index (χ4n) is 1.09. The van der Waals surface area contributed by atoms with E-state index in [1.54, 1.807) is 13.0 Å². The molecule has 0 aliphatic heterocycles. The summed E-state index contributed by atoms with van der Waals surface area (Å²) in [6.45, 7) is 2.36. The van der Waals surface area contributed by atoms with Gasteiger partial charge in [-0.25, -0.2) is 4.57 Å². The van der Waals surface area contributed by atoms with Gasteiger partial charge in [-0.3, -0.25) is 9.05 Å². The summed E-state index contributed by atoms with van der Waals surface area (Å²) in [5.74, 6) is 0. The van der Waals surface area contributed by atoms with Gasteiger partial charge in [0.1, 0.15) is 0 Å². The standard InChI is InChI=1S/C11H14ClO3P/c1-3-10-5-7-11(8-6-10)9-15-16(12,13)14-4-2/h3,5-8H,1,4,9H2,2H3. The van der Waals surface area contributed by atoms with Gasteiger partial charge >= 0.3 is 6.95 Å². The van der Waals surface area contributed by atoms with E-state index < -0.39 is 6.95 Å². The summed E-state index contributed by atoms with van der Waals surface area (Å²) in [5, 5.41) is 0. The number of halogens is 1. The van der Waals surface area contributed by atoms with Crippen LogP contribution >= 0.6 is 18.2 Å².